The Hall–Kier alpha value is -1.85. The van der Waals surface area contributed by atoms with Gasteiger partial charge in [0.25, 0.3) is 0 Å². The second-order valence-corrected chi connectivity index (χ2v) is 5.82. The van der Waals surface area contributed by atoms with Crippen LogP contribution in [-0.2, 0) is 10.0 Å². The van der Waals surface area contributed by atoms with E-state index >= 15 is 0 Å². The van der Waals surface area contributed by atoms with Crippen LogP contribution >= 0.6 is 0 Å². The third-order valence-corrected chi connectivity index (χ3v) is 3.34. The Balaban J connectivity index is 2.25. The number of hydrogen-bond donors (Lipinski definition) is 1. The van der Waals surface area contributed by atoms with Crippen LogP contribution in [0, 0.1) is 0 Å². The highest BCUT2D eigenvalue weighted by Crippen LogP contribution is 2.22. The lowest BCUT2D eigenvalue weighted by Crippen LogP contribution is -2.25. The first-order valence-corrected chi connectivity index (χ1v) is 7.53. The van der Waals surface area contributed by atoms with Crippen molar-refractivity contribution in [1.82, 2.24) is 0 Å². The van der Waals surface area contributed by atoms with Crippen molar-refractivity contribution < 1.29 is 13.2 Å². The topological polar surface area (TPSA) is 69.4 Å². The zero-order valence-corrected chi connectivity index (χ0v) is 11.1. The van der Waals surface area contributed by atoms with Crippen LogP contribution in [0.15, 0.2) is 60.7 Å². The van der Waals surface area contributed by atoms with E-state index < -0.39 is 16.1 Å². The molecule has 2 aromatic carbocycles. The number of sulfonamides is 1. The molecule has 0 amide bonds. The molecule has 0 saturated heterocycles. The highest BCUT2D eigenvalue weighted by atomic mass is 32.2. The Kier molecular flexibility index (Phi) is 4.19. The predicted molar refractivity (Wildman–Crippen MR) is 74.2 cm³/mol. The zero-order valence-electron chi connectivity index (χ0n) is 10.3. The molecule has 0 aliphatic rings. The van der Waals surface area contributed by atoms with Crippen molar-refractivity contribution in [3.63, 3.8) is 0 Å². The summed E-state index contributed by atoms with van der Waals surface area (Å²) in [5.74, 6) is 0.353. The van der Waals surface area contributed by atoms with Crippen molar-refractivity contribution in [3.05, 3.63) is 66.2 Å². The lowest BCUT2D eigenvalue weighted by atomic mass is 10.1. The maximum Gasteiger partial charge on any atom is 0.213 e. The summed E-state index contributed by atoms with van der Waals surface area (Å²) in [6.45, 7) is 0. The second kappa shape index (κ2) is 5.86. The Morgan fingerprint density at radius 1 is 0.947 bits per heavy atom. The number of benzene rings is 2. The molecule has 2 aromatic rings. The summed E-state index contributed by atoms with van der Waals surface area (Å²) >= 11 is 0. The first-order chi connectivity index (χ1) is 9.04. The van der Waals surface area contributed by atoms with E-state index in [-0.39, 0.29) is 5.75 Å². The number of ether oxygens (including phenoxy) is 1. The van der Waals surface area contributed by atoms with Gasteiger partial charge in [-0.1, -0.05) is 48.5 Å². The summed E-state index contributed by atoms with van der Waals surface area (Å²) in [7, 11) is -3.62. The van der Waals surface area contributed by atoms with Crippen molar-refractivity contribution in [2.24, 2.45) is 5.14 Å². The molecule has 0 saturated carbocycles. The Labute approximate surface area is 112 Å². The van der Waals surface area contributed by atoms with Crippen molar-refractivity contribution >= 4 is 10.0 Å². The van der Waals surface area contributed by atoms with E-state index in [0.717, 1.165) is 5.56 Å². The monoisotopic (exact) mass is 277 g/mol. The van der Waals surface area contributed by atoms with Gasteiger partial charge >= 0.3 is 0 Å². The summed E-state index contributed by atoms with van der Waals surface area (Å²) in [4.78, 5) is 0. The smallest absolute Gasteiger partial charge is 0.213 e. The number of nitrogens with two attached hydrogens (primary N) is 1. The number of rotatable bonds is 5. The lowest BCUT2D eigenvalue weighted by molar-refractivity contribution is 0.229. The summed E-state index contributed by atoms with van der Waals surface area (Å²) in [5.41, 5.74) is 0.778. The molecule has 0 bridgehead atoms. The SMILES string of the molecule is NS(=O)(=O)CC(Oc1ccccc1)c1ccccc1. The van der Waals surface area contributed by atoms with E-state index in [0.29, 0.717) is 5.75 Å². The van der Waals surface area contributed by atoms with Gasteiger partial charge in [-0.15, -0.1) is 0 Å². The Morgan fingerprint density at radius 3 is 2.00 bits per heavy atom. The third-order valence-electron chi connectivity index (χ3n) is 2.58. The minimum absolute atomic E-state index is 0.258. The molecule has 4 nitrogen and oxygen atoms in total. The average Bonchev–Trinajstić information content (AvgIpc) is 2.39. The third kappa shape index (κ3) is 4.39. The van der Waals surface area contributed by atoms with Crippen LogP contribution in [0.1, 0.15) is 11.7 Å². The molecular formula is C14H15NO3S. The molecule has 100 valence electrons. The van der Waals surface area contributed by atoms with Crippen LogP contribution in [0.3, 0.4) is 0 Å². The fourth-order valence-corrected chi connectivity index (χ4v) is 2.42. The van der Waals surface area contributed by atoms with Gasteiger partial charge in [-0.25, -0.2) is 13.6 Å². The number of hydrogen-bond acceptors (Lipinski definition) is 3. The molecule has 0 aromatic heterocycles. The van der Waals surface area contributed by atoms with Gasteiger partial charge in [0.1, 0.15) is 17.6 Å². The molecule has 5 heteroatoms. The maximum absolute atomic E-state index is 11.3. The van der Waals surface area contributed by atoms with Crippen LogP contribution in [0.25, 0.3) is 0 Å². The average molecular weight is 277 g/mol. The van der Waals surface area contributed by atoms with E-state index in [1.165, 1.54) is 0 Å². The number of primary sulfonamides is 1. The van der Waals surface area contributed by atoms with Gasteiger partial charge in [-0.2, -0.15) is 0 Å². The van der Waals surface area contributed by atoms with Crippen LogP contribution in [0.5, 0.6) is 5.75 Å². The van der Waals surface area contributed by atoms with Gasteiger partial charge < -0.3 is 4.74 Å². The molecule has 0 spiro atoms. The van der Waals surface area contributed by atoms with Gasteiger partial charge in [-0.3, -0.25) is 0 Å². The molecule has 2 rings (SSSR count). The quantitative estimate of drug-likeness (QED) is 0.909. The fraction of sp³-hybridized carbons (Fsp3) is 0.143. The summed E-state index contributed by atoms with van der Waals surface area (Å²) in [6, 6.07) is 18.2. The minimum Gasteiger partial charge on any atom is -0.485 e. The van der Waals surface area contributed by atoms with Crippen LogP contribution < -0.4 is 9.88 Å². The second-order valence-electron chi connectivity index (χ2n) is 4.16. The Bertz CT molecular complexity index is 612. The lowest BCUT2D eigenvalue weighted by Gasteiger charge is -2.18. The molecule has 0 heterocycles. The molecule has 0 fully saturated rings. The van der Waals surface area contributed by atoms with Crippen molar-refractivity contribution in [1.29, 1.82) is 0 Å². The van der Waals surface area contributed by atoms with Crippen molar-refractivity contribution in [2.75, 3.05) is 5.75 Å². The summed E-state index contributed by atoms with van der Waals surface area (Å²) < 4.78 is 28.3. The van der Waals surface area contributed by atoms with Crippen LogP contribution in [0.2, 0.25) is 0 Å². The first kappa shape index (κ1) is 13.6. The Morgan fingerprint density at radius 2 is 1.47 bits per heavy atom. The fourth-order valence-electron chi connectivity index (χ4n) is 1.74. The highest BCUT2D eigenvalue weighted by Gasteiger charge is 2.19. The molecule has 0 aliphatic heterocycles. The van der Waals surface area contributed by atoms with E-state index in [2.05, 4.69) is 0 Å². The van der Waals surface area contributed by atoms with Gasteiger partial charge in [0.15, 0.2) is 0 Å². The molecule has 0 radical (unpaired) electrons. The highest BCUT2D eigenvalue weighted by molar-refractivity contribution is 7.89. The van der Waals surface area contributed by atoms with E-state index in [9.17, 15) is 8.42 Å². The van der Waals surface area contributed by atoms with Crippen LogP contribution in [0.4, 0.5) is 0 Å². The van der Waals surface area contributed by atoms with E-state index in [4.69, 9.17) is 9.88 Å². The summed E-state index contributed by atoms with van der Waals surface area (Å²) in [5, 5.41) is 5.12. The zero-order chi connectivity index (χ0) is 13.7. The largest absolute Gasteiger partial charge is 0.485 e. The van der Waals surface area contributed by atoms with Gasteiger partial charge in [-0.05, 0) is 17.7 Å². The molecule has 2 N–H and O–H groups in total. The van der Waals surface area contributed by atoms with Crippen molar-refractivity contribution in [2.45, 2.75) is 6.10 Å². The predicted octanol–water partition coefficient (Wildman–Crippen LogP) is 2.10. The van der Waals surface area contributed by atoms with Gasteiger partial charge in [0, 0.05) is 0 Å². The van der Waals surface area contributed by atoms with E-state index in [1.54, 1.807) is 12.1 Å². The molecular weight excluding hydrogens is 262 g/mol. The molecule has 1 atom stereocenters. The molecule has 1 unspecified atom stereocenters. The van der Waals surface area contributed by atoms with Crippen LogP contribution in [-0.4, -0.2) is 14.2 Å². The molecule has 19 heavy (non-hydrogen) atoms. The summed E-state index contributed by atoms with van der Waals surface area (Å²) in [6.07, 6.45) is -0.612. The van der Waals surface area contributed by atoms with E-state index in [1.807, 2.05) is 48.5 Å². The minimum atomic E-state index is -3.62. The standard InChI is InChI=1S/C14H15NO3S/c15-19(16,17)11-14(12-7-3-1-4-8-12)18-13-9-5-2-6-10-13/h1-10,14H,11H2,(H2,15,16,17). The number of para-hydroxylation sites is 1. The first-order valence-electron chi connectivity index (χ1n) is 5.82. The normalized spacial score (nSPS) is 12.9. The maximum atomic E-state index is 11.3. The molecule has 0 aliphatic carbocycles. The van der Waals surface area contributed by atoms with Gasteiger partial charge in [0.05, 0.1) is 0 Å². The van der Waals surface area contributed by atoms with Crippen molar-refractivity contribution in [3.8, 4) is 5.75 Å². The van der Waals surface area contributed by atoms with Gasteiger partial charge in [0.2, 0.25) is 10.0 Å².